The number of hydrogen-bond donors (Lipinski definition) is 1. The van der Waals surface area contributed by atoms with Crippen LogP contribution >= 0.6 is 27.5 Å². The minimum Gasteiger partial charge on any atom is -0.337 e. The summed E-state index contributed by atoms with van der Waals surface area (Å²) in [5, 5.41) is 4.02. The lowest BCUT2D eigenvalue weighted by molar-refractivity contribution is 1.13. The fourth-order valence-electron chi connectivity index (χ4n) is 3.06. The molecule has 6 nitrogen and oxygen atoms in total. The first-order chi connectivity index (χ1) is 12.7. The van der Waals surface area contributed by atoms with E-state index in [1.165, 1.54) is 0 Å². The minimum absolute atomic E-state index is 0.527. The Hall–Kier alpha value is -2.64. The third-order valence-corrected chi connectivity index (χ3v) is 5.08. The van der Waals surface area contributed by atoms with Crippen molar-refractivity contribution in [3.63, 3.8) is 0 Å². The molecule has 1 N–H and O–H groups in total. The molecule has 0 saturated carbocycles. The summed E-state index contributed by atoms with van der Waals surface area (Å²) in [6.45, 7) is 0. The summed E-state index contributed by atoms with van der Waals surface area (Å²) in [7, 11) is 0. The van der Waals surface area contributed by atoms with Gasteiger partial charge in [-0.05, 0) is 39.2 Å². The summed E-state index contributed by atoms with van der Waals surface area (Å²) in [6.07, 6.45) is 7.52. The third kappa shape index (κ3) is 2.51. The van der Waals surface area contributed by atoms with Crippen LogP contribution in [0.4, 0.5) is 11.5 Å². The van der Waals surface area contributed by atoms with Crippen LogP contribution in [0.5, 0.6) is 0 Å². The molecule has 0 aliphatic carbocycles. The van der Waals surface area contributed by atoms with Crippen molar-refractivity contribution >= 4 is 50.2 Å². The summed E-state index contributed by atoms with van der Waals surface area (Å²) < 4.78 is 0.851. The number of fused-ring (bicyclic) bond motifs is 7. The molecule has 4 aromatic rings. The molecule has 0 atom stereocenters. The van der Waals surface area contributed by atoms with Crippen molar-refractivity contribution in [2.24, 2.45) is 0 Å². The zero-order chi connectivity index (χ0) is 17.7. The van der Waals surface area contributed by atoms with Crippen LogP contribution in [0.1, 0.15) is 11.1 Å². The zero-order valence-corrected chi connectivity index (χ0v) is 15.6. The molecule has 1 aromatic carbocycles. The van der Waals surface area contributed by atoms with Crippen LogP contribution < -0.4 is 5.32 Å². The largest absolute Gasteiger partial charge is 0.337 e. The lowest BCUT2D eigenvalue weighted by atomic mass is 9.99. The van der Waals surface area contributed by atoms with E-state index in [4.69, 9.17) is 16.6 Å². The molecule has 0 saturated heterocycles. The van der Waals surface area contributed by atoms with Crippen LogP contribution in [0.25, 0.3) is 22.6 Å². The number of halogens is 2. The number of rotatable bonds is 0. The van der Waals surface area contributed by atoms with Crippen molar-refractivity contribution < 1.29 is 0 Å². The Balaban J connectivity index is 1.90. The van der Waals surface area contributed by atoms with E-state index in [2.05, 4.69) is 41.2 Å². The van der Waals surface area contributed by atoms with Crippen LogP contribution in [-0.2, 0) is 6.42 Å². The molecule has 1 aliphatic rings. The van der Waals surface area contributed by atoms with Gasteiger partial charge in [0.2, 0.25) is 0 Å². The van der Waals surface area contributed by atoms with Gasteiger partial charge in [0.25, 0.3) is 0 Å². The van der Waals surface area contributed by atoms with E-state index in [0.29, 0.717) is 34.2 Å². The lowest BCUT2D eigenvalue weighted by Crippen LogP contribution is -2.02. The third-order valence-electron chi connectivity index (χ3n) is 4.25. The first kappa shape index (κ1) is 15.6. The SMILES string of the molecule is Clc1ccc2c(c1)-c1nc(c3nccnc3n1)Nc1c(Br)cncc1C2. The molecule has 0 unspecified atom stereocenters. The van der Waals surface area contributed by atoms with Crippen molar-refractivity contribution in [2.45, 2.75) is 6.42 Å². The number of anilines is 2. The van der Waals surface area contributed by atoms with Gasteiger partial charge >= 0.3 is 0 Å². The Labute approximate surface area is 161 Å². The standard InChI is InChI=1S/C18H10BrClN6/c19-13-8-21-7-10-5-9-1-2-11(20)6-12(9)16-25-17-15(22-3-4-23-17)18(26-16)24-14(10)13/h1-4,6-8H,5H2,(H,23,24,25,26). The maximum Gasteiger partial charge on any atom is 0.184 e. The van der Waals surface area contributed by atoms with E-state index in [9.17, 15) is 0 Å². The van der Waals surface area contributed by atoms with Crippen LogP contribution in [0, 0.1) is 0 Å². The Kier molecular flexibility index (Phi) is 3.58. The summed E-state index contributed by atoms with van der Waals surface area (Å²) in [4.78, 5) is 22.4. The number of pyridine rings is 1. The molecule has 0 fully saturated rings. The Morgan fingerprint density at radius 3 is 2.85 bits per heavy atom. The van der Waals surface area contributed by atoms with Gasteiger partial charge in [-0.25, -0.2) is 19.9 Å². The number of hydrogen-bond acceptors (Lipinski definition) is 6. The highest BCUT2D eigenvalue weighted by Gasteiger charge is 2.20. The molecule has 8 heteroatoms. The summed E-state index contributed by atoms with van der Waals surface area (Å²) >= 11 is 9.83. The van der Waals surface area contributed by atoms with Gasteiger partial charge in [-0.3, -0.25) is 4.98 Å². The van der Waals surface area contributed by atoms with Gasteiger partial charge in [-0.1, -0.05) is 17.7 Å². The van der Waals surface area contributed by atoms with Gasteiger partial charge in [-0.2, -0.15) is 0 Å². The van der Waals surface area contributed by atoms with E-state index in [1.54, 1.807) is 18.6 Å². The van der Waals surface area contributed by atoms with Gasteiger partial charge in [0, 0.05) is 41.8 Å². The first-order valence-corrected chi connectivity index (χ1v) is 9.03. The number of benzene rings is 1. The molecule has 0 amide bonds. The lowest BCUT2D eigenvalue weighted by Gasteiger charge is -2.12. The van der Waals surface area contributed by atoms with Crippen molar-refractivity contribution in [1.82, 2.24) is 24.9 Å². The highest BCUT2D eigenvalue weighted by Crippen LogP contribution is 2.36. The predicted molar refractivity (Wildman–Crippen MR) is 104 cm³/mol. The fourth-order valence-corrected chi connectivity index (χ4v) is 3.70. The molecular weight excluding hydrogens is 416 g/mol. The van der Waals surface area contributed by atoms with Crippen molar-refractivity contribution in [1.29, 1.82) is 0 Å². The smallest absolute Gasteiger partial charge is 0.184 e. The first-order valence-electron chi connectivity index (χ1n) is 7.86. The number of aromatic nitrogens is 5. The van der Waals surface area contributed by atoms with Crippen molar-refractivity contribution in [2.75, 3.05) is 5.32 Å². The molecule has 1 aliphatic heterocycles. The second-order valence-corrected chi connectivity index (χ2v) is 7.17. The molecule has 0 radical (unpaired) electrons. The number of nitrogens with one attached hydrogen (secondary N) is 1. The van der Waals surface area contributed by atoms with Crippen molar-refractivity contribution in [3.8, 4) is 11.4 Å². The maximum atomic E-state index is 6.25. The van der Waals surface area contributed by atoms with Gasteiger partial charge in [0.15, 0.2) is 22.8 Å². The molecule has 2 bridgehead atoms. The van der Waals surface area contributed by atoms with E-state index < -0.39 is 0 Å². The molecule has 5 rings (SSSR count). The molecule has 26 heavy (non-hydrogen) atoms. The van der Waals surface area contributed by atoms with Crippen LogP contribution in [0.2, 0.25) is 5.02 Å². The average Bonchev–Trinajstić information content (AvgIpc) is 2.70. The van der Waals surface area contributed by atoms with E-state index in [0.717, 1.165) is 26.9 Å². The molecule has 126 valence electrons. The Morgan fingerprint density at radius 2 is 1.92 bits per heavy atom. The van der Waals surface area contributed by atoms with Gasteiger partial charge in [0.05, 0.1) is 10.2 Å². The van der Waals surface area contributed by atoms with Crippen LogP contribution in [0.3, 0.4) is 0 Å². The second-order valence-electron chi connectivity index (χ2n) is 5.88. The van der Waals surface area contributed by atoms with Gasteiger partial charge < -0.3 is 5.32 Å². The minimum atomic E-state index is 0.527. The fraction of sp³-hybridized carbons (Fsp3) is 0.0556. The molecule has 0 spiro atoms. The maximum absolute atomic E-state index is 6.25. The van der Waals surface area contributed by atoms with Gasteiger partial charge in [0.1, 0.15) is 0 Å². The van der Waals surface area contributed by atoms with Gasteiger partial charge in [-0.15, -0.1) is 0 Å². The number of nitrogens with zero attached hydrogens (tertiary/aromatic N) is 5. The predicted octanol–water partition coefficient (Wildman–Crippen LogP) is 4.55. The Bertz CT molecular complexity index is 1180. The second kappa shape index (κ2) is 5.96. The quantitative estimate of drug-likeness (QED) is 0.392. The molecule has 4 heterocycles. The van der Waals surface area contributed by atoms with Crippen molar-refractivity contribution in [3.05, 3.63) is 63.6 Å². The molecular formula is C18H10BrClN6. The highest BCUT2D eigenvalue weighted by atomic mass is 79.9. The summed E-state index contributed by atoms with van der Waals surface area (Å²) in [5.41, 5.74) is 5.01. The van der Waals surface area contributed by atoms with Crippen LogP contribution in [0.15, 0.2) is 47.5 Å². The summed E-state index contributed by atoms with van der Waals surface area (Å²) in [5.74, 6) is 1.16. The van der Waals surface area contributed by atoms with E-state index in [-0.39, 0.29) is 0 Å². The topological polar surface area (TPSA) is 76.5 Å². The Morgan fingerprint density at radius 1 is 1.04 bits per heavy atom. The monoisotopic (exact) mass is 424 g/mol. The average molecular weight is 426 g/mol. The normalized spacial score (nSPS) is 12.4. The zero-order valence-electron chi connectivity index (χ0n) is 13.2. The van der Waals surface area contributed by atoms with Crippen LogP contribution in [-0.4, -0.2) is 24.9 Å². The van der Waals surface area contributed by atoms with E-state index in [1.807, 2.05) is 24.4 Å². The summed E-state index contributed by atoms with van der Waals surface area (Å²) in [6, 6.07) is 5.75. The molecule has 3 aromatic heterocycles. The highest BCUT2D eigenvalue weighted by molar-refractivity contribution is 9.10. The van der Waals surface area contributed by atoms with E-state index >= 15 is 0 Å².